The summed E-state index contributed by atoms with van der Waals surface area (Å²) in [4.78, 5) is 26.0. The van der Waals surface area contributed by atoms with Crippen LogP contribution < -0.4 is 5.32 Å². The molecule has 1 amide bonds. The zero-order valence-electron chi connectivity index (χ0n) is 15.1. The number of esters is 1. The van der Waals surface area contributed by atoms with Crippen LogP contribution in [0.25, 0.3) is 5.69 Å². The molecule has 3 rings (SSSR count). The summed E-state index contributed by atoms with van der Waals surface area (Å²) in [6.07, 6.45) is 4.56. The number of hydrogen-bond acceptors (Lipinski definition) is 5. The molecule has 1 aliphatic carbocycles. The number of amides is 1. The summed E-state index contributed by atoms with van der Waals surface area (Å²) < 4.78 is 5.30. The predicted octanol–water partition coefficient (Wildman–Crippen LogP) is 2.57. The van der Waals surface area contributed by atoms with Crippen LogP contribution in [-0.2, 0) is 9.53 Å². The lowest BCUT2D eigenvalue weighted by Gasteiger charge is -2.24. The molecule has 1 aliphatic rings. The SMILES string of the molecule is Cc1nn(-c2ccccc2)nc1C(=O)O[C@@H](C)C(=O)NC1CCCCC1. The second-order valence-corrected chi connectivity index (χ2v) is 6.65. The number of ether oxygens (including phenoxy) is 1. The Bertz CT molecular complexity index is 766. The van der Waals surface area contributed by atoms with Gasteiger partial charge in [0.25, 0.3) is 5.91 Å². The highest BCUT2D eigenvalue weighted by molar-refractivity contribution is 5.91. The predicted molar refractivity (Wildman–Crippen MR) is 96.0 cm³/mol. The van der Waals surface area contributed by atoms with Crippen LogP contribution in [0, 0.1) is 6.92 Å². The zero-order valence-corrected chi connectivity index (χ0v) is 15.1. The molecule has 7 nitrogen and oxygen atoms in total. The molecule has 26 heavy (non-hydrogen) atoms. The third-order valence-corrected chi connectivity index (χ3v) is 4.57. The molecule has 0 aliphatic heterocycles. The van der Waals surface area contributed by atoms with E-state index in [1.807, 2.05) is 30.3 Å². The molecule has 7 heteroatoms. The summed E-state index contributed by atoms with van der Waals surface area (Å²) in [5.41, 5.74) is 1.32. The Hall–Kier alpha value is -2.70. The van der Waals surface area contributed by atoms with Crippen molar-refractivity contribution in [1.29, 1.82) is 0 Å². The molecule has 1 atom stereocenters. The van der Waals surface area contributed by atoms with Gasteiger partial charge < -0.3 is 10.1 Å². The monoisotopic (exact) mass is 356 g/mol. The van der Waals surface area contributed by atoms with E-state index in [2.05, 4.69) is 15.5 Å². The van der Waals surface area contributed by atoms with E-state index in [0.717, 1.165) is 31.4 Å². The van der Waals surface area contributed by atoms with Crippen LogP contribution in [-0.4, -0.2) is 39.0 Å². The maximum Gasteiger partial charge on any atom is 0.361 e. The van der Waals surface area contributed by atoms with Crippen molar-refractivity contribution in [3.05, 3.63) is 41.7 Å². The maximum absolute atomic E-state index is 12.4. The molecule has 0 bridgehead atoms. The average molecular weight is 356 g/mol. The van der Waals surface area contributed by atoms with E-state index < -0.39 is 12.1 Å². The first-order valence-electron chi connectivity index (χ1n) is 9.05. The Morgan fingerprint density at radius 2 is 1.85 bits per heavy atom. The smallest absolute Gasteiger partial charge is 0.361 e. The van der Waals surface area contributed by atoms with Crippen LogP contribution in [0.5, 0.6) is 0 Å². The number of aromatic nitrogens is 3. The van der Waals surface area contributed by atoms with Crippen molar-refractivity contribution >= 4 is 11.9 Å². The van der Waals surface area contributed by atoms with Gasteiger partial charge in [0.2, 0.25) is 0 Å². The summed E-state index contributed by atoms with van der Waals surface area (Å²) in [6, 6.07) is 9.48. The minimum absolute atomic E-state index is 0.117. The molecule has 1 aromatic heterocycles. The fraction of sp³-hybridized carbons (Fsp3) is 0.474. The van der Waals surface area contributed by atoms with Crippen molar-refractivity contribution in [2.45, 2.75) is 58.1 Å². The van der Waals surface area contributed by atoms with E-state index in [4.69, 9.17) is 4.74 Å². The zero-order chi connectivity index (χ0) is 18.5. The van der Waals surface area contributed by atoms with Crippen molar-refractivity contribution in [1.82, 2.24) is 20.3 Å². The largest absolute Gasteiger partial charge is 0.448 e. The standard InChI is InChI=1S/C19H24N4O3/c1-13-17(22-23(21-13)16-11-7-4-8-12-16)19(25)26-14(2)18(24)20-15-9-5-3-6-10-15/h4,7-8,11-12,14-15H,3,5-6,9-10H2,1-2H3,(H,20,24)/t14-/m0/s1. The molecule has 1 saturated carbocycles. The van der Waals surface area contributed by atoms with Gasteiger partial charge in [-0.25, -0.2) is 4.79 Å². The number of benzene rings is 1. The van der Waals surface area contributed by atoms with Gasteiger partial charge >= 0.3 is 5.97 Å². The summed E-state index contributed by atoms with van der Waals surface area (Å²) in [6.45, 7) is 3.27. The van der Waals surface area contributed by atoms with Gasteiger partial charge in [0.1, 0.15) is 0 Å². The van der Waals surface area contributed by atoms with Gasteiger partial charge in [-0.1, -0.05) is 37.5 Å². The van der Waals surface area contributed by atoms with Gasteiger partial charge in [0.05, 0.1) is 11.4 Å². The van der Waals surface area contributed by atoms with Gasteiger partial charge in [-0.3, -0.25) is 4.79 Å². The Morgan fingerprint density at radius 1 is 1.15 bits per heavy atom. The lowest BCUT2D eigenvalue weighted by molar-refractivity contribution is -0.130. The molecular weight excluding hydrogens is 332 g/mol. The number of hydrogen-bond donors (Lipinski definition) is 1. The van der Waals surface area contributed by atoms with E-state index >= 15 is 0 Å². The fourth-order valence-corrected chi connectivity index (χ4v) is 3.08. The van der Waals surface area contributed by atoms with E-state index in [1.54, 1.807) is 13.8 Å². The van der Waals surface area contributed by atoms with E-state index in [-0.39, 0.29) is 17.6 Å². The third kappa shape index (κ3) is 4.28. The number of nitrogens with one attached hydrogen (secondary N) is 1. The van der Waals surface area contributed by atoms with Crippen LogP contribution >= 0.6 is 0 Å². The average Bonchev–Trinajstić information content (AvgIpc) is 3.05. The molecule has 0 unspecified atom stereocenters. The molecule has 1 aromatic carbocycles. The molecular formula is C19H24N4O3. The number of carbonyl (C=O) groups is 2. The Morgan fingerprint density at radius 3 is 2.54 bits per heavy atom. The van der Waals surface area contributed by atoms with Crippen LogP contribution in [0.1, 0.15) is 55.2 Å². The summed E-state index contributed by atoms with van der Waals surface area (Å²) >= 11 is 0. The molecule has 0 spiro atoms. The van der Waals surface area contributed by atoms with Gasteiger partial charge in [-0.2, -0.15) is 9.90 Å². The van der Waals surface area contributed by atoms with Crippen molar-refractivity contribution in [2.75, 3.05) is 0 Å². The van der Waals surface area contributed by atoms with Gasteiger partial charge in [0, 0.05) is 6.04 Å². The minimum Gasteiger partial charge on any atom is -0.448 e. The van der Waals surface area contributed by atoms with Crippen molar-refractivity contribution in [2.24, 2.45) is 0 Å². The first-order chi connectivity index (χ1) is 12.5. The second kappa shape index (κ2) is 8.12. The van der Waals surface area contributed by atoms with E-state index in [9.17, 15) is 9.59 Å². The van der Waals surface area contributed by atoms with E-state index in [1.165, 1.54) is 11.2 Å². The highest BCUT2D eigenvalue weighted by Crippen LogP contribution is 2.17. The lowest BCUT2D eigenvalue weighted by atomic mass is 9.95. The van der Waals surface area contributed by atoms with Crippen LogP contribution in [0.2, 0.25) is 0 Å². The van der Waals surface area contributed by atoms with Gasteiger partial charge in [-0.15, -0.1) is 5.10 Å². The highest BCUT2D eigenvalue weighted by Gasteiger charge is 2.25. The van der Waals surface area contributed by atoms with Crippen LogP contribution in [0.15, 0.2) is 30.3 Å². The molecule has 1 fully saturated rings. The molecule has 0 radical (unpaired) electrons. The number of para-hydroxylation sites is 1. The normalized spacial score (nSPS) is 16.1. The molecule has 1 N–H and O–H groups in total. The Kier molecular flexibility index (Phi) is 5.65. The summed E-state index contributed by atoms with van der Waals surface area (Å²) in [5, 5.41) is 11.4. The van der Waals surface area contributed by atoms with Crippen LogP contribution in [0.4, 0.5) is 0 Å². The fourth-order valence-electron chi connectivity index (χ4n) is 3.08. The molecule has 2 aromatic rings. The minimum atomic E-state index is -0.870. The Labute approximate surface area is 152 Å². The first-order valence-corrected chi connectivity index (χ1v) is 9.05. The van der Waals surface area contributed by atoms with Crippen LogP contribution in [0.3, 0.4) is 0 Å². The number of carbonyl (C=O) groups excluding carboxylic acids is 2. The van der Waals surface area contributed by atoms with Crippen molar-refractivity contribution in [3.63, 3.8) is 0 Å². The number of rotatable bonds is 5. The third-order valence-electron chi connectivity index (χ3n) is 4.57. The second-order valence-electron chi connectivity index (χ2n) is 6.65. The van der Waals surface area contributed by atoms with Crippen molar-refractivity contribution < 1.29 is 14.3 Å². The maximum atomic E-state index is 12.4. The van der Waals surface area contributed by atoms with Crippen molar-refractivity contribution in [3.8, 4) is 5.69 Å². The molecule has 0 saturated heterocycles. The topological polar surface area (TPSA) is 86.1 Å². The molecule has 138 valence electrons. The first kappa shape index (κ1) is 18.1. The summed E-state index contributed by atoms with van der Waals surface area (Å²) in [5.74, 6) is -0.908. The lowest BCUT2D eigenvalue weighted by Crippen LogP contribution is -2.42. The quantitative estimate of drug-likeness (QED) is 0.832. The number of aryl methyl sites for hydroxylation is 1. The Balaban J connectivity index is 1.62. The highest BCUT2D eigenvalue weighted by atomic mass is 16.5. The van der Waals surface area contributed by atoms with Gasteiger partial charge in [-0.05, 0) is 38.8 Å². The van der Waals surface area contributed by atoms with E-state index in [0.29, 0.717) is 5.69 Å². The molecule has 1 heterocycles. The number of nitrogens with zero attached hydrogens (tertiary/aromatic N) is 3. The van der Waals surface area contributed by atoms with Gasteiger partial charge in [0.15, 0.2) is 11.8 Å². The summed E-state index contributed by atoms with van der Waals surface area (Å²) in [7, 11) is 0.